The molecule has 0 aromatic carbocycles. The van der Waals surface area contributed by atoms with Gasteiger partial charge in [-0.2, -0.15) is 0 Å². The Kier molecular flexibility index (Phi) is 2.64. The molecule has 3 rings (SSSR count). The van der Waals surface area contributed by atoms with E-state index in [9.17, 15) is 10.1 Å². The summed E-state index contributed by atoms with van der Waals surface area (Å²) in [5.41, 5.74) is 2.15. The zero-order chi connectivity index (χ0) is 13.2. The van der Waals surface area contributed by atoms with Gasteiger partial charge in [-0.05, 0) is 17.7 Å². The van der Waals surface area contributed by atoms with Crippen molar-refractivity contribution < 1.29 is 4.92 Å². The summed E-state index contributed by atoms with van der Waals surface area (Å²) in [6, 6.07) is 5.22. The van der Waals surface area contributed by atoms with Gasteiger partial charge in [-0.15, -0.1) is 0 Å². The van der Waals surface area contributed by atoms with Crippen molar-refractivity contribution in [2.75, 3.05) is 0 Å². The van der Waals surface area contributed by atoms with Gasteiger partial charge in [0.25, 0.3) is 5.69 Å². The van der Waals surface area contributed by atoms with Crippen LogP contribution < -0.4 is 0 Å². The Balaban J connectivity index is 1.99. The predicted molar refractivity (Wildman–Crippen MR) is 67.5 cm³/mol. The van der Waals surface area contributed by atoms with Crippen LogP contribution in [0.2, 0.25) is 0 Å². The van der Waals surface area contributed by atoms with Crippen molar-refractivity contribution in [3.05, 3.63) is 58.8 Å². The van der Waals surface area contributed by atoms with E-state index < -0.39 is 4.92 Å². The molecule has 0 unspecified atom stereocenters. The molecule has 0 saturated carbocycles. The first-order valence-corrected chi connectivity index (χ1v) is 5.58. The first-order chi connectivity index (χ1) is 9.24. The van der Waals surface area contributed by atoms with Gasteiger partial charge >= 0.3 is 0 Å². The van der Waals surface area contributed by atoms with Crippen LogP contribution in [0.4, 0.5) is 5.69 Å². The van der Waals surface area contributed by atoms with Gasteiger partial charge in [0, 0.05) is 18.5 Å². The molecule has 0 N–H and O–H groups in total. The standard InChI is InChI=1S/C12H9N5O2/c18-17(19)10-5-11-12(14-6-10)16(8-15-11)7-9-1-3-13-4-2-9/h1-6,8H,7H2. The van der Waals surface area contributed by atoms with Gasteiger partial charge in [-0.25, -0.2) is 9.97 Å². The molecule has 0 fully saturated rings. The zero-order valence-electron chi connectivity index (χ0n) is 9.80. The van der Waals surface area contributed by atoms with Crippen LogP contribution in [-0.4, -0.2) is 24.4 Å². The van der Waals surface area contributed by atoms with E-state index >= 15 is 0 Å². The molecular formula is C12H9N5O2. The predicted octanol–water partition coefficient (Wildman–Crippen LogP) is 1.78. The molecule has 3 aromatic heterocycles. The molecule has 7 nitrogen and oxygen atoms in total. The fourth-order valence-electron chi connectivity index (χ4n) is 1.84. The number of hydrogen-bond donors (Lipinski definition) is 0. The molecule has 0 saturated heterocycles. The lowest BCUT2D eigenvalue weighted by atomic mass is 10.3. The Labute approximate surface area is 107 Å². The molecule has 0 aliphatic heterocycles. The first kappa shape index (κ1) is 11.3. The molecule has 0 aliphatic carbocycles. The third kappa shape index (κ3) is 2.13. The lowest BCUT2D eigenvalue weighted by Crippen LogP contribution is -1.99. The normalized spacial score (nSPS) is 10.7. The topological polar surface area (TPSA) is 86.7 Å². The van der Waals surface area contributed by atoms with E-state index in [4.69, 9.17) is 0 Å². The first-order valence-electron chi connectivity index (χ1n) is 5.58. The third-order valence-electron chi connectivity index (χ3n) is 2.75. The maximum absolute atomic E-state index is 10.7. The summed E-state index contributed by atoms with van der Waals surface area (Å²) < 4.78 is 1.84. The quantitative estimate of drug-likeness (QED) is 0.526. The molecule has 94 valence electrons. The smallest absolute Gasteiger partial charge is 0.289 e. The molecule has 0 radical (unpaired) electrons. The van der Waals surface area contributed by atoms with E-state index in [1.807, 2.05) is 16.7 Å². The molecule has 19 heavy (non-hydrogen) atoms. The maximum Gasteiger partial charge on any atom is 0.289 e. The fourth-order valence-corrected chi connectivity index (χ4v) is 1.84. The summed E-state index contributed by atoms with van der Waals surface area (Å²) in [6.07, 6.45) is 6.30. The minimum atomic E-state index is -0.478. The highest BCUT2D eigenvalue weighted by molar-refractivity contribution is 5.73. The Morgan fingerprint density at radius 3 is 2.79 bits per heavy atom. The van der Waals surface area contributed by atoms with E-state index in [-0.39, 0.29) is 5.69 Å². The van der Waals surface area contributed by atoms with Gasteiger partial charge in [0.1, 0.15) is 11.7 Å². The van der Waals surface area contributed by atoms with Crippen LogP contribution in [-0.2, 0) is 6.54 Å². The van der Waals surface area contributed by atoms with Crippen molar-refractivity contribution in [2.24, 2.45) is 0 Å². The number of aromatic nitrogens is 4. The summed E-state index contributed by atoms with van der Waals surface area (Å²) >= 11 is 0. The second kappa shape index (κ2) is 4.45. The van der Waals surface area contributed by atoms with E-state index in [2.05, 4.69) is 15.0 Å². The average Bonchev–Trinajstić information content (AvgIpc) is 2.82. The molecule has 0 spiro atoms. The molecule has 3 aromatic rings. The Morgan fingerprint density at radius 2 is 2.05 bits per heavy atom. The fraction of sp³-hybridized carbons (Fsp3) is 0.0833. The van der Waals surface area contributed by atoms with Crippen LogP contribution in [0.15, 0.2) is 43.1 Å². The van der Waals surface area contributed by atoms with Crippen molar-refractivity contribution in [3.63, 3.8) is 0 Å². The van der Waals surface area contributed by atoms with E-state index in [1.165, 1.54) is 12.3 Å². The second-order valence-electron chi connectivity index (χ2n) is 4.02. The molecule has 0 aliphatic rings. The van der Waals surface area contributed by atoms with E-state index in [1.54, 1.807) is 18.7 Å². The molecule has 3 heterocycles. The Hall–Kier alpha value is -2.83. The summed E-state index contributed by atoms with van der Waals surface area (Å²) in [4.78, 5) is 22.4. The van der Waals surface area contributed by atoms with Gasteiger partial charge in [0.2, 0.25) is 0 Å². The van der Waals surface area contributed by atoms with Crippen molar-refractivity contribution in [2.45, 2.75) is 6.54 Å². The van der Waals surface area contributed by atoms with Crippen LogP contribution >= 0.6 is 0 Å². The van der Waals surface area contributed by atoms with Crippen LogP contribution in [0.1, 0.15) is 5.56 Å². The Bertz CT molecular complexity index is 738. The van der Waals surface area contributed by atoms with Gasteiger partial charge in [-0.1, -0.05) is 0 Å². The zero-order valence-corrected chi connectivity index (χ0v) is 9.80. The number of pyridine rings is 2. The molecule has 0 bridgehead atoms. The van der Waals surface area contributed by atoms with E-state index in [0.29, 0.717) is 17.7 Å². The second-order valence-corrected chi connectivity index (χ2v) is 4.02. The van der Waals surface area contributed by atoms with Gasteiger partial charge in [0.05, 0.1) is 17.8 Å². The Morgan fingerprint density at radius 1 is 1.26 bits per heavy atom. The summed E-state index contributed by atoms with van der Waals surface area (Å²) in [5, 5.41) is 10.7. The van der Waals surface area contributed by atoms with Crippen molar-refractivity contribution in [1.82, 2.24) is 19.5 Å². The summed E-state index contributed by atoms with van der Waals surface area (Å²) in [5.74, 6) is 0. The highest BCUT2D eigenvalue weighted by atomic mass is 16.6. The minimum Gasteiger partial charge on any atom is -0.311 e. The van der Waals surface area contributed by atoms with Crippen molar-refractivity contribution in [3.8, 4) is 0 Å². The maximum atomic E-state index is 10.7. The molecule has 0 amide bonds. The van der Waals surface area contributed by atoms with Gasteiger partial charge < -0.3 is 4.57 Å². The van der Waals surface area contributed by atoms with Crippen LogP contribution in [0.3, 0.4) is 0 Å². The van der Waals surface area contributed by atoms with Gasteiger partial charge in [0.15, 0.2) is 5.65 Å². The largest absolute Gasteiger partial charge is 0.311 e. The lowest BCUT2D eigenvalue weighted by Gasteiger charge is -2.02. The van der Waals surface area contributed by atoms with E-state index in [0.717, 1.165) is 5.56 Å². The number of nitrogens with zero attached hydrogens (tertiary/aromatic N) is 5. The minimum absolute atomic E-state index is 0.0540. The molecular weight excluding hydrogens is 246 g/mol. The van der Waals surface area contributed by atoms with Crippen LogP contribution in [0.25, 0.3) is 11.2 Å². The van der Waals surface area contributed by atoms with Crippen LogP contribution in [0.5, 0.6) is 0 Å². The van der Waals surface area contributed by atoms with Crippen LogP contribution in [0, 0.1) is 10.1 Å². The lowest BCUT2D eigenvalue weighted by molar-refractivity contribution is -0.385. The highest BCUT2D eigenvalue weighted by Crippen LogP contribution is 2.17. The number of rotatable bonds is 3. The number of fused-ring (bicyclic) bond motifs is 1. The number of hydrogen-bond acceptors (Lipinski definition) is 5. The van der Waals surface area contributed by atoms with Crippen molar-refractivity contribution in [1.29, 1.82) is 0 Å². The van der Waals surface area contributed by atoms with Gasteiger partial charge in [-0.3, -0.25) is 15.1 Å². The molecule has 0 atom stereocenters. The third-order valence-corrected chi connectivity index (χ3v) is 2.75. The highest BCUT2D eigenvalue weighted by Gasteiger charge is 2.11. The summed E-state index contributed by atoms with van der Waals surface area (Å²) in [6.45, 7) is 0.601. The monoisotopic (exact) mass is 255 g/mol. The summed E-state index contributed by atoms with van der Waals surface area (Å²) in [7, 11) is 0. The SMILES string of the molecule is O=[N+]([O-])c1cnc2c(c1)ncn2Cc1ccncc1. The number of nitro groups is 1. The van der Waals surface area contributed by atoms with Crippen molar-refractivity contribution >= 4 is 16.9 Å². The molecule has 7 heteroatoms. The average molecular weight is 255 g/mol. The number of imidazole rings is 1.